The van der Waals surface area contributed by atoms with Crippen molar-refractivity contribution in [3.63, 3.8) is 0 Å². The zero-order valence-electron chi connectivity index (χ0n) is 16.6. The standard InChI is InChI=1S/C20H38FNO4/c1-3-5-7-9-10-12-14-17(13-11-8-6-4-2)16-22-18(20(24)25)15-19(23)26-21/h17-18,22H,3-16H2,1-2H3,(H,24,25). The Morgan fingerprint density at radius 3 is 1.92 bits per heavy atom. The lowest BCUT2D eigenvalue weighted by Gasteiger charge is -2.20. The van der Waals surface area contributed by atoms with E-state index in [4.69, 9.17) is 0 Å². The first-order chi connectivity index (χ1) is 12.5. The Balaban J connectivity index is 4.32. The number of carbonyl (C=O) groups excluding carboxylic acids is 1. The second-order valence-corrected chi connectivity index (χ2v) is 7.22. The van der Waals surface area contributed by atoms with E-state index in [1.807, 2.05) is 0 Å². The lowest BCUT2D eigenvalue weighted by atomic mass is 9.94. The Labute approximate surface area is 158 Å². The Hall–Kier alpha value is -1.17. The van der Waals surface area contributed by atoms with E-state index in [2.05, 4.69) is 24.1 Å². The van der Waals surface area contributed by atoms with Crippen LogP contribution in [0.4, 0.5) is 4.53 Å². The Morgan fingerprint density at radius 1 is 0.923 bits per heavy atom. The minimum atomic E-state index is -1.15. The lowest BCUT2D eigenvalue weighted by Crippen LogP contribution is -2.41. The molecule has 0 aromatic rings. The van der Waals surface area contributed by atoms with Crippen molar-refractivity contribution in [1.82, 2.24) is 5.32 Å². The van der Waals surface area contributed by atoms with Gasteiger partial charge >= 0.3 is 11.9 Å². The van der Waals surface area contributed by atoms with Crippen LogP contribution < -0.4 is 5.32 Å². The number of carbonyl (C=O) groups is 2. The highest BCUT2D eigenvalue weighted by Gasteiger charge is 2.23. The fourth-order valence-corrected chi connectivity index (χ4v) is 3.18. The first-order valence-corrected chi connectivity index (χ1v) is 10.3. The van der Waals surface area contributed by atoms with Crippen molar-refractivity contribution in [3.8, 4) is 0 Å². The summed E-state index contributed by atoms with van der Waals surface area (Å²) in [6, 6.07) is -1.10. The van der Waals surface area contributed by atoms with Crippen LogP contribution in [0.3, 0.4) is 0 Å². The molecule has 26 heavy (non-hydrogen) atoms. The van der Waals surface area contributed by atoms with E-state index >= 15 is 0 Å². The van der Waals surface area contributed by atoms with Crippen molar-refractivity contribution in [2.45, 2.75) is 103 Å². The number of carboxylic acid groups (broad SMARTS) is 1. The summed E-state index contributed by atoms with van der Waals surface area (Å²) in [4.78, 5) is 25.3. The summed E-state index contributed by atoms with van der Waals surface area (Å²) in [5, 5.41) is 12.1. The minimum absolute atomic E-state index is 0.390. The summed E-state index contributed by atoms with van der Waals surface area (Å²) in [6.45, 7) is 4.92. The van der Waals surface area contributed by atoms with E-state index < -0.39 is 24.4 Å². The minimum Gasteiger partial charge on any atom is -0.480 e. The van der Waals surface area contributed by atoms with E-state index in [1.165, 1.54) is 51.4 Å². The van der Waals surface area contributed by atoms with Crippen molar-refractivity contribution in [2.75, 3.05) is 6.54 Å². The predicted molar refractivity (Wildman–Crippen MR) is 101 cm³/mol. The van der Waals surface area contributed by atoms with Crippen molar-refractivity contribution >= 4 is 11.9 Å². The number of hydrogen-bond acceptors (Lipinski definition) is 4. The third-order valence-corrected chi connectivity index (χ3v) is 4.84. The molecule has 0 amide bonds. The molecule has 2 unspecified atom stereocenters. The second-order valence-electron chi connectivity index (χ2n) is 7.22. The molecule has 0 rings (SSSR count). The number of hydrogen-bond donors (Lipinski definition) is 2. The molecule has 0 heterocycles. The molecule has 2 atom stereocenters. The predicted octanol–water partition coefficient (Wildman–Crippen LogP) is 5.18. The van der Waals surface area contributed by atoms with Crippen LogP contribution in [-0.2, 0) is 14.5 Å². The summed E-state index contributed by atoms with van der Waals surface area (Å²) in [7, 11) is 0. The topological polar surface area (TPSA) is 75.6 Å². The van der Waals surface area contributed by atoms with Crippen LogP contribution >= 0.6 is 0 Å². The number of rotatable bonds is 18. The molecular weight excluding hydrogens is 337 g/mol. The summed E-state index contributed by atoms with van der Waals surface area (Å²) in [6.07, 6.45) is 13.8. The van der Waals surface area contributed by atoms with Crippen molar-refractivity contribution in [1.29, 1.82) is 0 Å². The normalized spacial score (nSPS) is 13.3. The van der Waals surface area contributed by atoms with E-state index in [1.54, 1.807) is 0 Å². The van der Waals surface area contributed by atoms with Gasteiger partial charge in [0.05, 0.1) is 6.42 Å². The maximum absolute atomic E-state index is 11.9. The Morgan fingerprint density at radius 2 is 1.42 bits per heavy atom. The Kier molecular flexibility index (Phi) is 16.5. The van der Waals surface area contributed by atoms with Crippen molar-refractivity contribution < 1.29 is 24.2 Å². The van der Waals surface area contributed by atoms with Crippen LogP contribution in [0.5, 0.6) is 0 Å². The molecule has 0 saturated carbocycles. The van der Waals surface area contributed by atoms with Crippen LogP contribution in [0.25, 0.3) is 0 Å². The molecule has 0 aromatic carbocycles. The van der Waals surface area contributed by atoms with E-state index in [9.17, 15) is 19.2 Å². The third-order valence-electron chi connectivity index (χ3n) is 4.84. The number of halogens is 1. The van der Waals surface area contributed by atoms with Crippen LogP contribution in [0.15, 0.2) is 0 Å². The number of carboxylic acids is 1. The maximum atomic E-state index is 11.9. The molecular formula is C20H38FNO4. The van der Waals surface area contributed by atoms with Gasteiger partial charge in [0.1, 0.15) is 6.04 Å². The van der Waals surface area contributed by atoms with Gasteiger partial charge < -0.3 is 10.4 Å². The highest BCUT2D eigenvalue weighted by molar-refractivity contribution is 5.81. The summed E-state index contributed by atoms with van der Waals surface area (Å²) in [5.74, 6) is -1.92. The first kappa shape index (κ1) is 24.8. The van der Waals surface area contributed by atoms with Gasteiger partial charge in [-0.3, -0.25) is 9.74 Å². The van der Waals surface area contributed by atoms with Gasteiger partial charge in [-0.05, 0) is 25.3 Å². The molecule has 0 spiro atoms. The van der Waals surface area contributed by atoms with E-state index in [0.717, 1.165) is 25.7 Å². The fourth-order valence-electron chi connectivity index (χ4n) is 3.18. The second kappa shape index (κ2) is 17.3. The summed E-state index contributed by atoms with van der Waals surface area (Å²) < 4.78 is 11.9. The molecule has 0 saturated heterocycles. The molecule has 154 valence electrons. The van der Waals surface area contributed by atoms with Crippen LogP contribution in [0.2, 0.25) is 0 Å². The monoisotopic (exact) mass is 375 g/mol. The fraction of sp³-hybridized carbons (Fsp3) is 0.900. The zero-order chi connectivity index (χ0) is 19.6. The molecule has 2 N–H and O–H groups in total. The number of nitrogens with one attached hydrogen (secondary N) is 1. The highest BCUT2D eigenvalue weighted by Crippen LogP contribution is 2.18. The molecule has 0 aliphatic carbocycles. The van der Waals surface area contributed by atoms with Gasteiger partial charge in [-0.25, -0.2) is 4.79 Å². The van der Waals surface area contributed by atoms with E-state index in [-0.39, 0.29) is 0 Å². The number of unbranched alkanes of at least 4 members (excludes halogenated alkanes) is 8. The van der Waals surface area contributed by atoms with Crippen molar-refractivity contribution in [2.24, 2.45) is 5.92 Å². The third kappa shape index (κ3) is 14.0. The molecule has 0 bridgehead atoms. The molecule has 6 heteroatoms. The average molecular weight is 376 g/mol. The van der Waals surface area contributed by atoms with Crippen LogP contribution in [0.1, 0.15) is 97.3 Å². The first-order valence-electron chi connectivity index (χ1n) is 10.3. The maximum Gasteiger partial charge on any atom is 0.350 e. The molecule has 0 aromatic heterocycles. The van der Waals surface area contributed by atoms with Crippen LogP contribution in [-0.4, -0.2) is 29.6 Å². The van der Waals surface area contributed by atoms with Crippen molar-refractivity contribution in [3.05, 3.63) is 0 Å². The summed E-state index contributed by atoms with van der Waals surface area (Å²) in [5.41, 5.74) is 0. The Bertz CT molecular complexity index is 366. The summed E-state index contributed by atoms with van der Waals surface area (Å²) >= 11 is 0. The van der Waals surface area contributed by atoms with Gasteiger partial charge in [-0.15, -0.1) is 0 Å². The van der Waals surface area contributed by atoms with Gasteiger partial charge in [0.25, 0.3) is 0 Å². The van der Waals surface area contributed by atoms with Gasteiger partial charge in [-0.1, -0.05) is 78.1 Å². The van der Waals surface area contributed by atoms with Gasteiger partial charge in [0.15, 0.2) is 0 Å². The van der Waals surface area contributed by atoms with E-state index in [0.29, 0.717) is 12.5 Å². The smallest absolute Gasteiger partial charge is 0.350 e. The molecule has 0 aliphatic heterocycles. The average Bonchev–Trinajstić information content (AvgIpc) is 2.63. The molecule has 0 fully saturated rings. The number of aliphatic carboxylic acids is 1. The van der Waals surface area contributed by atoms with Gasteiger partial charge in [0.2, 0.25) is 0 Å². The van der Waals surface area contributed by atoms with Gasteiger partial charge in [-0.2, -0.15) is 0 Å². The largest absolute Gasteiger partial charge is 0.480 e. The van der Waals surface area contributed by atoms with Gasteiger partial charge in [0, 0.05) is 4.53 Å². The molecule has 0 radical (unpaired) electrons. The van der Waals surface area contributed by atoms with Crippen LogP contribution in [0, 0.1) is 5.92 Å². The quantitative estimate of drug-likeness (QED) is 0.323. The zero-order valence-corrected chi connectivity index (χ0v) is 16.6. The lowest BCUT2D eigenvalue weighted by molar-refractivity contribution is -0.185. The molecule has 5 nitrogen and oxygen atoms in total. The molecule has 0 aliphatic rings. The highest BCUT2D eigenvalue weighted by atomic mass is 19.3. The SMILES string of the molecule is CCCCCCCCC(CCCCCC)CNC(CC(=O)OF)C(=O)O.